The van der Waals surface area contributed by atoms with E-state index in [0.29, 0.717) is 5.69 Å². The van der Waals surface area contributed by atoms with Crippen LogP contribution >= 0.6 is 15.9 Å². The van der Waals surface area contributed by atoms with Gasteiger partial charge in [0.25, 0.3) is 0 Å². The molecule has 1 heterocycles. The van der Waals surface area contributed by atoms with Crippen LogP contribution in [0.4, 0.5) is 20.7 Å². The van der Waals surface area contributed by atoms with Crippen molar-refractivity contribution in [1.82, 2.24) is 21.1 Å². The fourth-order valence-electron chi connectivity index (χ4n) is 1.58. The van der Waals surface area contributed by atoms with Crippen molar-refractivity contribution in [2.24, 2.45) is 10.7 Å². The third-order valence-electron chi connectivity index (χ3n) is 2.62. The van der Waals surface area contributed by atoms with Crippen molar-refractivity contribution in [2.75, 3.05) is 18.4 Å². The van der Waals surface area contributed by atoms with Crippen LogP contribution in [0.5, 0.6) is 0 Å². The van der Waals surface area contributed by atoms with Gasteiger partial charge in [-0.15, -0.1) is 0 Å². The summed E-state index contributed by atoms with van der Waals surface area (Å²) in [7, 11) is 0. The van der Waals surface area contributed by atoms with E-state index in [4.69, 9.17) is 5.73 Å². The third-order valence-corrected chi connectivity index (χ3v) is 3.23. The van der Waals surface area contributed by atoms with Gasteiger partial charge in [-0.2, -0.15) is 0 Å². The summed E-state index contributed by atoms with van der Waals surface area (Å²) in [5.41, 5.74) is 7.36. The van der Waals surface area contributed by atoms with Crippen LogP contribution in [0.1, 0.15) is 5.69 Å². The normalized spacial score (nSPS) is 11.2. The maximum Gasteiger partial charge on any atom is 0.320 e. The van der Waals surface area contributed by atoms with Gasteiger partial charge in [-0.05, 0) is 44.4 Å². The van der Waals surface area contributed by atoms with Crippen LogP contribution in [0.3, 0.4) is 0 Å². The molecule has 0 spiro atoms. The molecule has 0 aliphatic heterocycles. The fraction of sp³-hybridized carbons (Fsp3) is 0.167. The Balaban J connectivity index is 2.24. The van der Waals surface area contributed by atoms with Crippen LogP contribution in [0, 0.1) is 5.82 Å². The molecular weight excluding hydrogens is 389 g/mol. The lowest BCUT2D eigenvalue weighted by Gasteiger charge is -2.06. The average molecular weight is 402 g/mol. The highest BCUT2D eigenvalue weighted by Crippen LogP contribution is 2.23. The van der Waals surface area contributed by atoms with E-state index in [-0.39, 0.29) is 34.9 Å². The van der Waals surface area contributed by atoms with Gasteiger partial charge in [0.1, 0.15) is 5.82 Å². The van der Waals surface area contributed by atoms with E-state index in [1.807, 2.05) is 5.48 Å². The molecule has 1 aromatic heterocycles. The number of nitrogens with two attached hydrogens (primary N) is 1. The second-order valence-corrected chi connectivity index (χ2v) is 5.16. The summed E-state index contributed by atoms with van der Waals surface area (Å²) < 4.78 is 18.0. The quantitative estimate of drug-likeness (QED) is 0.286. The number of nitrogens with one attached hydrogen (secondary N) is 3. The van der Waals surface area contributed by atoms with Crippen molar-refractivity contribution in [3.8, 4) is 0 Å². The minimum Gasteiger partial charge on any atom is -0.337 e. The summed E-state index contributed by atoms with van der Waals surface area (Å²) in [5, 5.41) is 21.2. The molecule has 1 aromatic carbocycles. The number of aromatic nitrogens is 2. The van der Waals surface area contributed by atoms with E-state index in [1.165, 1.54) is 18.2 Å². The zero-order valence-electron chi connectivity index (χ0n) is 12.1. The number of carbonyl (C=O) groups is 1. The number of nitrogens with zero attached hydrogens (tertiary/aromatic N) is 3. The summed E-state index contributed by atoms with van der Waals surface area (Å²) in [6.07, 6.45) is 0. The van der Waals surface area contributed by atoms with Crippen molar-refractivity contribution < 1.29 is 19.0 Å². The number of hydrogen-bond donors (Lipinski definition) is 5. The number of amidine groups is 1. The Morgan fingerprint density at radius 3 is 2.92 bits per heavy atom. The van der Waals surface area contributed by atoms with E-state index in [2.05, 4.69) is 46.5 Å². The third kappa shape index (κ3) is 4.47. The Morgan fingerprint density at radius 2 is 2.25 bits per heavy atom. The minimum atomic E-state index is -0.584. The molecule has 0 fully saturated rings. The number of carbonyl (C=O) groups excluding carboxylic acids is 1. The molecule has 128 valence electrons. The number of urea groups is 1. The van der Waals surface area contributed by atoms with Crippen molar-refractivity contribution in [3.05, 3.63) is 34.2 Å². The van der Waals surface area contributed by atoms with Gasteiger partial charge in [-0.3, -0.25) is 16.0 Å². The molecule has 0 atom stereocenters. The fourth-order valence-corrected chi connectivity index (χ4v) is 1.94. The molecule has 2 aromatic rings. The highest BCUT2D eigenvalue weighted by atomic mass is 79.9. The molecule has 0 unspecified atom stereocenters. The average Bonchev–Trinajstić information content (AvgIpc) is 3.01. The zero-order chi connectivity index (χ0) is 17.5. The number of halogens is 2. The molecule has 2 amide bonds. The van der Waals surface area contributed by atoms with Crippen LogP contribution < -0.4 is 21.8 Å². The zero-order valence-corrected chi connectivity index (χ0v) is 13.7. The molecule has 24 heavy (non-hydrogen) atoms. The molecular formula is C12H13BrFN7O3. The van der Waals surface area contributed by atoms with Crippen molar-refractivity contribution in [2.45, 2.75) is 0 Å². The molecule has 0 radical (unpaired) electrons. The van der Waals surface area contributed by atoms with Crippen molar-refractivity contribution in [3.63, 3.8) is 0 Å². The molecule has 2 rings (SSSR count). The first-order chi connectivity index (χ1) is 11.5. The lowest BCUT2D eigenvalue weighted by atomic mass is 10.3. The standard InChI is InChI=1S/C12H13BrFN7O3/c13-7-5-6(1-2-8(7)14)17-10(19-23)9-11(21-24-20-9)18-12(22)16-4-3-15/h1-2,5,23H,3-4,15H2,(H,17,19)(H2,16,18,21,22). The summed E-state index contributed by atoms with van der Waals surface area (Å²) in [4.78, 5) is 15.7. The van der Waals surface area contributed by atoms with Crippen molar-refractivity contribution in [1.29, 1.82) is 0 Å². The van der Waals surface area contributed by atoms with Gasteiger partial charge in [-0.25, -0.2) is 18.8 Å². The first-order valence-corrected chi connectivity index (χ1v) is 7.36. The number of aliphatic imine (C=N–C) groups is 1. The highest BCUT2D eigenvalue weighted by Gasteiger charge is 2.18. The SMILES string of the molecule is NCCNC(=O)Nc1nonc1C(=Nc1ccc(F)c(Br)c1)NO. The second kappa shape index (κ2) is 8.33. The summed E-state index contributed by atoms with van der Waals surface area (Å²) in [5.74, 6) is -0.704. The van der Waals surface area contributed by atoms with Crippen LogP contribution in [-0.4, -0.2) is 40.5 Å². The second-order valence-electron chi connectivity index (χ2n) is 4.30. The van der Waals surface area contributed by atoms with E-state index >= 15 is 0 Å². The molecule has 0 saturated carbocycles. The topological polar surface area (TPSA) is 151 Å². The molecule has 12 heteroatoms. The molecule has 0 bridgehead atoms. The van der Waals surface area contributed by atoms with E-state index in [9.17, 15) is 14.4 Å². The maximum atomic E-state index is 13.2. The van der Waals surface area contributed by atoms with Gasteiger partial charge in [-0.1, -0.05) is 0 Å². The number of anilines is 1. The Kier molecular flexibility index (Phi) is 6.17. The van der Waals surface area contributed by atoms with Crippen LogP contribution in [-0.2, 0) is 0 Å². The van der Waals surface area contributed by atoms with Crippen LogP contribution in [0.2, 0.25) is 0 Å². The largest absolute Gasteiger partial charge is 0.337 e. The van der Waals surface area contributed by atoms with E-state index in [0.717, 1.165) is 0 Å². The van der Waals surface area contributed by atoms with Crippen LogP contribution in [0.25, 0.3) is 0 Å². The number of benzene rings is 1. The first kappa shape index (κ1) is 17.8. The highest BCUT2D eigenvalue weighted by molar-refractivity contribution is 9.10. The van der Waals surface area contributed by atoms with Gasteiger partial charge in [0.15, 0.2) is 11.5 Å². The predicted molar refractivity (Wildman–Crippen MR) is 85.6 cm³/mol. The molecule has 6 N–H and O–H groups in total. The minimum absolute atomic E-state index is 0.0548. The molecule has 0 saturated heterocycles. The number of hydroxylamine groups is 1. The Labute approximate surface area is 143 Å². The number of hydrogen-bond acceptors (Lipinski definition) is 7. The van der Waals surface area contributed by atoms with Gasteiger partial charge in [0.05, 0.1) is 10.2 Å². The smallest absolute Gasteiger partial charge is 0.320 e. The first-order valence-electron chi connectivity index (χ1n) is 6.57. The lowest BCUT2D eigenvalue weighted by Crippen LogP contribution is -2.33. The lowest BCUT2D eigenvalue weighted by molar-refractivity contribution is 0.234. The van der Waals surface area contributed by atoms with E-state index in [1.54, 1.807) is 0 Å². The predicted octanol–water partition coefficient (Wildman–Crippen LogP) is 1.11. The van der Waals surface area contributed by atoms with Crippen LogP contribution in [0.15, 0.2) is 32.3 Å². The monoisotopic (exact) mass is 401 g/mol. The Hall–Kier alpha value is -2.57. The molecule has 0 aliphatic carbocycles. The molecule has 10 nitrogen and oxygen atoms in total. The Bertz CT molecular complexity index is 752. The van der Waals surface area contributed by atoms with Gasteiger partial charge < -0.3 is 11.1 Å². The van der Waals surface area contributed by atoms with Gasteiger partial charge >= 0.3 is 6.03 Å². The maximum absolute atomic E-state index is 13.2. The number of amides is 2. The summed E-state index contributed by atoms with van der Waals surface area (Å²) in [6.45, 7) is 0.525. The Morgan fingerprint density at radius 1 is 1.46 bits per heavy atom. The van der Waals surface area contributed by atoms with Crippen molar-refractivity contribution >= 4 is 39.3 Å². The van der Waals surface area contributed by atoms with Gasteiger partial charge in [0, 0.05) is 13.1 Å². The molecule has 0 aliphatic rings. The number of rotatable bonds is 5. The van der Waals surface area contributed by atoms with E-state index < -0.39 is 11.8 Å². The summed E-state index contributed by atoms with van der Waals surface area (Å²) in [6, 6.07) is 3.38. The van der Waals surface area contributed by atoms with Gasteiger partial charge in [0.2, 0.25) is 5.82 Å². The summed E-state index contributed by atoms with van der Waals surface area (Å²) >= 11 is 3.03.